The Labute approximate surface area is 132 Å². The van der Waals surface area contributed by atoms with Crippen LogP contribution in [0.1, 0.15) is 21.9 Å². The number of pyridine rings is 1. The van der Waals surface area contributed by atoms with Gasteiger partial charge in [0.25, 0.3) is 11.5 Å². The molecule has 2 aromatic heterocycles. The molecule has 0 aliphatic carbocycles. The zero-order valence-electron chi connectivity index (χ0n) is 12.5. The zero-order valence-corrected chi connectivity index (χ0v) is 12.5. The molecule has 116 valence electrons. The van der Waals surface area contributed by atoms with Crippen LogP contribution in [-0.2, 0) is 6.54 Å². The first-order valence-corrected chi connectivity index (χ1v) is 7.07. The fourth-order valence-corrected chi connectivity index (χ4v) is 2.19. The van der Waals surface area contributed by atoms with Gasteiger partial charge in [0.15, 0.2) is 5.82 Å². The number of rotatable bonds is 4. The Morgan fingerprint density at radius 3 is 2.74 bits per heavy atom. The summed E-state index contributed by atoms with van der Waals surface area (Å²) in [5, 5.41) is 10.6. The van der Waals surface area contributed by atoms with Crippen LogP contribution in [0.25, 0.3) is 5.69 Å². The quantitative estimate of drug-likeness (QED) is 0.757. The number of aryl methyl sites for hydroxylation is 1. The molecule has 0 aliphatic heterocycles. The molecule has 0 saturated carbocycles. The first-order valence-electron chi connectivity index (χ1n) is 7.07. The molecule has 0 aliphatic rings. The van der Waals surface area contributed by atoms with Gasteiger partial charge in [-0.05, 0) is 31.2 Å². The van der Waals surface area contributed by atoms with Crippen molar-refractivity contribution < 1.29 is 4.79 Å². The Kier molecular flexibility index (Phi) is 4.01. The van der Waals surface area contributed by atoms with E-state index in [-0.39, 0.29) is 12.1 Å². The number of hydrogen-bond donors (Lipinski definition) is 2. The number of carbonyl (C=O) groups excluding carboxylic acids is 1. The molecule has 0 bridgehead atoms. The van der Waals surface area contributed by atoms with E-state index in [0.29, 0.717) is 11.5 Å². The highest BCUT2D eigenvalue weighted by molar-refractivity contribution is 5.93. The third-order valence-electron chi connectivity index (χ3n) is 3.36. The lowest BCUT2D eigenvalue weighted by Gasteiger charge is -2.07. The van der Waals surface area contributed by atoms with Crippen LogP contribution < -0.4 is 10.9 Å². The highest BCUT2D eigenvalue weighted by Gasteiger charge is 2.12. The molecule has 3 aromatic rings. The minimum Gasteiger partial charge on any atom is -0.345 e. The van der Waals surface area contributed by atoms with Gasteiger partial charge in [-0.15, -0.1) is 10.2 Å². The topological polar surface area (TPSA) is 92.7 Å². The third-order valence-corrected chi connectivity index (χ3v) is 3.36. The van der Waals surface area contributed by atoms with Crippen LogP contribution in [0.4, 0.5) is 0 Å². The first kappa shape index (κ1) is 14.7. The molecule has 23 heavy (non-hydrogen) atoms. The largest absolute Gasteiger partial charge is 0.345 e. The van der Waals surface area contributed by atoms with Crippen molar-refractivity contribution in [1.82, 2.24) is 25.1 Å². The summed E-state index contributed by atoms with van der Waals surface area (Å²) in [5.41, 5.74) is 1.26. The molecular formula is C16H15N5O2. The molecule has 1 amide bonds. The molecule has 0 radical (unpaired) electrons. The second-order valence-corrected chi connectivity index (χ2v) is 5.02. The van der Waals surface area contributed by atoms with E-state index in [1.807, 2.05) is 30.3 Å². The van der Waals surface area contributed by atoms with Gasteiger partial charge in [-0.2, -0.15) is 0 Å². The number of hydrogen-bond acceptors (Lipinski definition) is 4. The Balaban J connectivity index is 1.76. The number of para-hydroxylation sites is 1. The van der Waals surface area contributed by atoms with Gasteiger partial charge in [0, 0.05) is 11.4 Å². The van der Waals surface area contributed by atoms with Crippen LogP contribution >= 0.6 is 0 Å². The van der Waals surface area contributed by atoms with E-state index < -0.39 is 11.5 Å². The van der Waals surface area contributed by atoms with Crippen LogP contribution in [0.2, 0.25) is 0 Å². The number of nitrogens with one attached hydrogen (secondary N) is 2. The summed E-state index contributed by atoms with van der Waals surface area (Å²) in [7, 11) is 0. The van der Waals surface area contributed by atoms with E-state index >= 15 is 0 Å². The molecular weight excluding hydrogens is 294 g/mol. The van der Waals surface area contributed by atoms with Crippen molar-refractivity contribution in [3.8, 4) is 5.69 Å². The van der Waals surface area contributed by atoms with Crippen molar-refractivity contribution in [3.63, 3.8) is 0 Å². The molecule has 2 N–H and O–H groups in total. The Bertz CT molecular complexity index is 883. The van der Waals surface area contributed by atoms with E-state index in [0.717, 1.165) is 5.69 Å². The minimum atomic E-state index is -0.450. The smallest absolute Gasteiger partial charge is 0.260 e. The molecule has 0 saturated heterocycles. The number of aromatic nitrogens is 4. The Morgan fingerprint density at radius 1 is 1.22 bits per heavy atom. The van der Waals surface area contributed by atoms with E-state index in [1.165, 1.54) is 6.07 Å². The van der Waals surface area contributed by atoms with Crippen molar-refractivity contribution >= 4 is 5.91 Å². The maximum atomic E-state index is 12.1. The molecule has 0 fully saturated rings. The van der Waals surface area contributed by atoms with Crippen LogP contribution in [-0.4, -0.2) is 25.7 Å². The molecule has 3 rings (SSSR count). The SMILES string of the molecule is Cc1ccc(C(=O)NCc2nncn2-c2ccccc2)c(=O)[nH]1. The average Bonchev–Trinajstić information content (AvgIpc) is 3.02. The molecule has 0 unspecified atom stereocenters. The van der Waals surface area contributed by atoms with Crippen LogP contribution in [0.3, 0.4) is 0 Å². The van der Waals surface area contributed by atoms with Crippen LogP contribution in [0.15, 0.2) is 53.6 Å². The number of amides is 1. The summed E-state index contributed by atoms with van der Waals surface area (Å²) in [6.07, 6.45) is 1.58. The maximum absolute atomic E-state index is 12.1. The fourth-order valence-electron chi connectivity index (χ4n) is 2.19. The second-order valence-electron chi connectivity index (χ2n) is 5.02. The average molecular weight is 309 g/mol. The summed E-state index contributed by atoms with van der Waals surface area (Å²) >= 11 is 0. The first-order chi connectivity index (χ1) is 11.1. The fraction of sp³-hybridized carbons (Fsp3) is 0.125. The van der Waals surface area contributed by atoms with E-state index in [1.54, 1.807) is 23.9 Å². The van der Waals surface area contributed by atoms with E-state index in [2.05, 4.69) is 20.5 Å². The summed E-state index contributed by atoms with van der Waals surface area (Å²) in [6, 6.07) is 12.7. The number of carbonyl (C=O) groups is 1. The highest BCUT2D eigenvalue weighted by atomic mass is 16.2. The Morgan fingerprint density at radius 2 is 2.00 bits per heavy atom. The van der Waals surface area contributed by atoms with E-state index in [9.17, 15) is 9.59 Å². The number of aromatic amines is 1. The molecule has 1 aromatic carbocycles. The molecule has 0 atom stereocenters. The van der Waals surface area contributed by atoms with Gasteiger partial charge in [0.2, 0.25) is 0 Å². The van der Waals surface area contributed by atoms with Crippen molar-refractivity contribution in [3.05, 3.63) is 76.2 Å². The second kappa shape index (κ2) is 6.27. The lowest BCUT2D eigenvalue weighted by molar-refractivity contribution is 0.0948. The van der Waals surface area contributed by atoms with Gasteiger partial charge in [-0.3, -0.25) is 14.2 Å². The van der Waals surface area contributed by atoms with Gasteiger partial charge in [0.1, 0.15) is 11.9 Å². The van der Waals surface area contributed by atoms with Gasteiger partial charge in [-0.25, -0.2) is 0 Å². The Hall–Kier alpha value is -3.22. The summed E-state index contributed by atoms with van der Waals surface area (Å²) in [5.74, 6) is 0.127. The lowest BCUT2D eigenvalue weighted by Crippen LogP contribution is -2.30. The molecule has 0 spiro atoms. The number of benzene rings is 1. The van der Waals surface area contributed by atoms with Crippen molar-refractivity contribution in [2.24, 2.45) is 0 Å². The predicted molar refractivity (Wildman–Crippen MR) is 84.3 cm³/mol. The molecule has 7 nitrogen and oxygen atoms in total. The summed E-state index contributed by atoms with van der Waals surface area (Å²) in [4.78, 5) is 26.5. The minimum absolute atomic E-state index is 0.0707. The predicted octanol–water partition coefficient (Wildman–Crippen LogP) is 1.19. The highest BCUT2D eigenvalue weighted by Crippen LogP contribution is 2.08. The van der Waals surface area contributed by atoms with E-state index in [4.69, 9.17) is 0 Å². The normalized spacial score (nSPS) is 10.5. The van der Waals surface area contributed by atoms with Crippen LogP contribution in [0.5, 0.6) is 0 Å². The third kappa shape index (κ3) is 3.18. The monoisotopic (exact) mass is 309 g/mol. The molecule has 7 heteroatoms. The van der Waals surface area contributed by atoms with Crippen molar-refractivity contribution in [2.75, 3.05) is 0 Å². The zero-order chi connectivity index (χ0) is 16.2. The van der Waals surface area contributed by atoms with Gasteiger partial charge >= 0.3 is 0 Å². The van der Waals surface area contributed by atoms with Gasteiger partial charge in [-0.1, -0.05) is 18.2 Å². The lowest BCUT2D eigenvalue weighted by atomic mass is 10.2. The standard InChI is InChI=1S/C16H15N5O2/c1-11-7-8-13(16(23)19-11)15(22)17-9-14-20-18-10-21(14)12-5-3-2-4-6-12/h2-8,10H,9H2,1H3,(H,17,22)(H,19,23). The number of nitrogens with zero attached hydrogens (tertiary/aromatic N) is 3. The summed E-state index contributed by atoms with van der Waals surface area (Å²) in [6.45, 7) is 1.92. The van der Waals surface area contributed by atoms with Crippen molar-refractivity contribution in [1.29, 1.82) is 0 Å². The summed E-state index contributed by atoms with van der Waals surface area (Å²) < 4.78 is 1.78. The van der Waals surface area contributed by atoms with Crippen molar-refractivity contribution in [2.45, 2.75) is 13.5 Å². The molecule has 2 heterocycles. The number of H-pyrrole nitrogens is 1. The van der Waals surface area contributed by atoms with Gasteiger partial charge in [0.05, 0.1) is 6.54 Å². The van der Waals surface area contributed by atoms with Gasteiger partial charge < -0.3 is 10.3 Å². The maximum Gasteiger partial charge on any atom is 0.260 e. The van der Waals surface area contributed by atoms with Crippen LogP contribution in [0, 0.1) is 6.92 Å².